The minimum atomic E-state index is -0.135. The second-order valence-corrected chi connectivity index (χ2v) is 8.00. The Labute approximate surface area is 153 Å². The highest BCUT2D eigenvalue weighted by molar-refractivity contribution is 5.92. The van der Waals surface area contributed by atoms with Gasteiger partial charge in [-0.1, -0.05) is 20.8 Å². The minimum absolute atomic E-state index is 0.0125. The number of piperidine rings is 1. The molecule has 1 aliphatic heterocycles. The maximum Gasteiger partial charge on any atom is 0.275 e. The van der Waals surface area contributed by atoms with E-state index in [4.69, 9.17) is 4.42 Å². The molecule has 0 saturated carbocycles. The second kappa shape index (κ2) is 7.05. The molecule has 0 bridgehead atoms. The molecule has 3 heterocycles. The van der Waals surface area contributed by atoms with E-state index in [-0.39, 0.29) is 16.9 Å². The molecule has 2 aromatic rings. The van der Waals surface area contributed by atoms with Crippen LogP contribution in [-0.2, 0) is 12.0 Å². The van der Waals surface area contributed by atoms with Gasteiger partial charge in [0.25, 0.3) is 11.5 Å². The van der Waals surface area contributed by atoms with Crippen LogP contribution in [0.1, 0.15) is 55.7 Å². The van der Waals surface area contributed by atoms with E-state index < -0.39 is 0 Å². The first-order chi connectivity index (χ1) is 12.2. The normalized spacial score (nSPS) is 16.1. The van der Waals surface area contributed by atoms with Crippen molar-refractivity contribution in [2.24, 2.45) is 5.92 Å². The van der Waals surface area contributed by atoms with Crippen molar-refractivity contribution in [2.45, 2.75) is 52.5 Å². The van der Waals surface area contributed by atoms with E-state index in [1.165, 1.54) is 6.26 Å². The first kappa shape index (κ1) is 18.4. The minimum Gasteiger partial charge on any atom is -0.448 e. The SMILES string of the molecule is Cc1nc(C(=O)N2CCC(Cn3cnc(C(C)(C)C)cc3=O)CC2)co1. The lowest BCUT2D eigenvalue weighted by Gasteiger charge is -2.31. The van der Waals surface area contributed by atoms with E-state index in [2.05, 4.69) is 9.97 Å². The first-order valence-corrected chi connectivity index (χ1v) is 9.02. The molecule has 26 heavy (non-hydrogen) atoms. The third kappa shape index (κ3) is 4.03. The molecule has 140 valence electrons. The van der Waals surface area contributed by atoms with Gasteiger partial charge in [-0.15, -0.1) is 0 Å². The summed E-state index contributed by atoms with van der Waals surface area (Å²) in [6.07, 6.45) is 4.77. The van der Waals surface area contributed by atoms with E-state index in [1.54, 1.807) is 28.8 Å². The van der Waals surface area contributed by atoms with Crippen molar-refractivity contribution in [3.05, 3.63) is 46.3 Å². The predicted octanol–water partition coefficient (Wildman–Crippen LogP) is 2.39. The van der Waals surface area contributed by atoms with Gasteiger partial charge < -0.3 is 9.32 Å². The van der Waals surface area contributed by atoms with E-state index >= 15 is 0 Å². The molecule has 0 spiro atoms. The molecule has 1 fully saturated rings. The number of carbonyl (C=O) groups is 1. The highest BCUT2D eigenvalue weighted by Gasteiger charge is 2.26. The Hall–Kier alpha value is -2.44. The number of hydrogen-bond donors (Lipinski definition) is 0. The summed E-state index contributed by atoms with van der Waals surface area (Å²) in [7, 11) is 0. The summed E-state index contributed by atoms with van der Waals surface area (Å²) in [6.45, 7) is 9.82. The molecule has 1 amide bonds. The van der Waals surface area contributed by atoms with E-state index in [1.807, 2.05) is 20.8 Å². The van der Waals surface area contributed by atoms with Gasteiger partial charge in [-0.2, -0.15) is 0 Å². The summed E-state index contributed by atoms with van der Waals surface area (Å²) in [5, 5.41) is 0. The highest BCUT2D eigenvalue weighted by Crippen LogP contribution is 2.21. The van der Waals surface area contributed by atoms with Crippen LogP contribution < -0.4 is 5.56 Å². The van der Waals surface area contributed by atoms with Crippen LogP contribution in [0, 0.1) is 12.8 Å². The van der Waals surface area contributed by atoms with Gasteiger partial charge in [0.15, 0.2) is 11.6 Å². The summed E-state index contributed by atoms with van der Waals surface area (Å²) in [5.74, 6) is 0.764. The summed E-state index contributed by atoms with van der Waals surface area (Å²) in [4.78, 5) is 35.1. The number of rotatable bonds is 3. The van der Waals surface area contributed by atoms with Crippen molar-refractivity contribution in [3.63, 3.8) is 0 Å². The van der Waals surface area contributed by atoms with Crippen LogP contribution >= 0.6 is 0 Å². The van der Waals surface area contributed by atoms with E-state index in [9.17, 15) is 9.59 Å². The Balaban J connectivity index is 1.59. The van der Waals surface area contributed by atoms with Crippen LogP contribution in [0.25, 0.3) is 0 Å². The lowest BCUT2D eigenvalue weighted by Crippen LogP contribution is -2.40. The third-order valence-electron chi connectivity index (χ3n) is 4.84. The fourth-order valence-electron chi connectivity index (χ4n) is 3.19. The molecule has 0 atom stereocenters. The Morgan fingerprint density at radius 2 is 2.00 bits per heavy atom. The topological polar surface area (TPSA) is 81.2 Å². The number of aryl methyl sites for hydroxylation is 1. The van der Waals surface area contributed by atoms with Crippen LogP contribution in [0.4, 0.5) is 0 Å². The van der Waals surface area contributed by atoms with Gasteiger partial charge in [0.2, 0.25) is 0 Å². The predicted molar refractivity (Wildman–Crippen MR) is 97.1 cm³/mol. The van der Waals surface area contributed by atoms with Crippen molar-refractivity contribution in [1.82, 2.24) is 19.4 Å². The number of carbonyl (C=O) groups excluding carboxylic acids is 1. The maximum atomic E-state index is 12.4. The van der Waals surface area contributed by atoms with Crippen LogP contribution in [-0.4, -0.2) is 38.4 Å². The number of oxazole rings is 1. The van der Waals surface area contributed by atoms with Crippen molar-refractivity contribution < 1.29 is 9.21 Å². The molecule has 0 aliphatic carbocycles. The van der Waals surface area contributed by atoms with Crippen molar-refractivity contribution in [1.29, 1.82) is 0 Å². The largest absolute Gasteiger partial charge is 0.448 e. The highest BCUT2D eigenvalue weighted by atomic mass is 16.3. The van der Waals surface area contributed by atoms with Crippen molar-refractivity contribution in [3.8, 4) is 0 Å². The molecular formula is C19H26N4O3. The van der Waals surface area contributed by atoms with Gasteiger partial charge in [-0.05, 0) is 18.8 Å². The fraction of sp³-hybridized carbons (Fsp3) is 0.579. The van der Waals surface area contributed by atoms with E-state index in [0.29, 0.717) is 37.1 Å². The molecule has 0 aromatic carbocycles. The number of likely N-dealkylation sites (tertiary alicyclic amines) is 1. The van der Waals surface area contributed by atoms with Gasteiger partial charge in [0.1, 0.15) is 6.26 Å². The Bertz CT molecular complexity index is 839. The van der Waals surface area contributed by atoms with Crippen LogP contribution in [0.2, 0.25) is 0 Å². The monoisotopic (exact) mass is 358 g/mol. The smallest absolute Gasteiger partial charge is 0.275 e. The fourth-order valence-corrected chi connectivity index (χ4v) is 3.19. The average Bonchev–Trinajstić information content (AvgIpc) is 3.02. The summed E-state index contributed by atoms with van der Waals surface area (Å²) < 4.78 is 6.80. The lowest BCUT2D eigenvalue weighted by molar-refractivity contribution is 0.0676. The second-order valence-electron chi connectivity index (χ2n) is 8.00. The molecule has 0 unspecified atom stereocenters. The summed E-state index contributed by atoms with van der Waals surface area (Å²) in [6, 6.07) is 1.63. The molecule has 3 rings (SSSR count). The Morgan fingerprint density at radius 1 is 1.31 bits per heavy atom. The third-order valence-corrected chi connectivity index (χ3v) is 4.84. The Morgan fingerprint density at radius 3 is 2.54 bits per heavy atom. The summed E-state index contributed by atoms with van der Waals surface area (Å²) in [5.41, 5.74) is 1.02. The lowest BCUT2D eigenvalue weighted by atomic mass is 9.92. The molecule has 1 aliphatic rings. The molecule has 1 saturated heterocycles. The number of hydrogen-bond acceptors (Lipinski definition) is 5. The zero-order chi connectivity index (χ0) is 18.9. The van der Waals surface area contributed by atoms with Gasteiger partial charge in [0.05, 0.1) is 12.0 Å². The van der Waals surface area contributed by atoms with Crippen LogP contribution in [0.5, 0.6) is 0 Å². The molecule has 7 nitrogen and oxygen atoms in total. The number of nitrogens with zero attached hydrogens (tertiary/aromatic N) is 4. The molecule has 0 N–H and O–H groups in total. The average molecular weight is 358 g/mol. The Kier molecular flexibility index (Phi) is 4.98. The maximum absolute atomic E-state index is 12.4. The van der Waals surface area contributed by atoms with Gasteiger partial charge in [-0.25, -0.2) is 9.97 Å². The van der Waals surface area contributed by atoms with Gasteiger partial charge in [-0.3, -0.25) is 14.2 Å². The van der Waals surface area contributed by atoms with Crippen LogP contribution in [0.15, 0.2) is 27.9 Å². The number of aromatic nitrogens is 3. The molecule has 0 radical (unpaired) electrons. The first-order valence-electron chi connectivity index (χ1n) is 9.02. The molecule has 2 aromatic heterocycles. The van der Waals surface area contributed by atoms with E-state index in [0.717, 1.165) is 18.5 Å². The van der Waals surface area contributed by atoms with Crippen molar-refractivity contribution in [2.75, 3.05) is 13.1 Å². The standard InChI is InChI=1S/C19H26N4O3/c1-13-21-15(11-26-13)18(25)22-7-5-14(6-8-22)10-23-12-20-16(9-17(23)24)19(2,3)4/h9,11-12,14H,5-8,10H2,1-4H3. The van der Waals surface area contributed by atoms with Gasteiger partial charge >= 0.3 is 0 Å². The number of amides is 1. The zero-order valence-corrected chi connectivity index (χ0v) is 15.9. The van der Waals surface area contributed by atoms with Crippen LogP contribution in [0.3, 0.4) is 0 Å². The zero-order valence-electron chi connectivity index (χ0n) is 15.9. The van der Waals surface area contributed by atoms with Gasteiger partial charge in [0, 0.05) is 38.0 Å². The quantitative estimate of drug-likeness (QED) is 0.841. The molecular weight excluding hydrogens is 332 g/mol. The molecule has 7 heteroatoms. The van der Waals surface area contributed by atoms with Crippen molar-refractivity contribution >= 4 is 5.91 Å². The summed E-state index contributed by atoms with van der Waals surface area (Å²) >= 11 is 0.